The van der Waals surface area contributed by atoms with Crippen molar-refractivity contribution in [3.8, 4) is 5.75 Å². The number of hydrogen-bond acceptors (Lipinski definition) is 5. The van der Waals surface area contributed by atoms with Gasteiger partial charge in [-0.25, -0.2) is 0 Å². The minimum Gasteiger partial charge on any atom is -0.494 e. The maximum Gasteiger partial charge on any atom is 0.323 e. The Morgan fingerprint density at radius 3 is 2.59 bits per heavy atom. The van der Waals surface area contributed by atoms with Crippen LogP contribution in [0.2, 0.25) is 0 Å². The van der Waals surface area contributed by atoms with Crippen LogP contribution in [-0.2, 0) is 16.1 Å². The van der Waals surface area contributed by atoms with Gasteiger partial charge in [0.2, 0.25) is 0 Å². The molecule has 5 heteroatoms. The fraction of sp³-hybridized carbons (Fsp3) is 0.588. The van der Waals surface area contributed by atoms with Crippen LogP contribution in [0.1, 0.15) is 37.7 Å². The van der Waals surface area contributed by atoms with Crippen molar-refractivity contribution in [3.63, 3.8) is 0 Å². The van der Waals surface area contributed by atoms with E-state index in [1.807, 2.05) is 24.3 Å². The summed E-state index contributed by atoms with van der Waals surface area (Å²) in [6.07, 6.45) is 4.99. The summed E-state index contributed by atoms with van der Waals surface area (Å²) in [6.45, 7) is 0.988. The molecule has 0 radical (unpaired) electrons. The van der Waals surface area contributed by atoms with Crippen LogP contribution in [0.5, 0.6) is 5.75 Å². The van der Waals surface area contributed by atoms with Crippen LogP contribution in [0, 0.1) is 0 Å². The lowest BCUT2D eigenvalue weighted by molar-refractivity contribution is -0.151. The SMILES string of the molecule is CN[C@@H](CCOc1ccc(CN)cc1)C(=O)OC1CCCC1. The quantitative estimate of drug-likeness (QED) is 0.719. The van der Waals surface area contributed by atoms with Gasteiger partial charge < -0.3 is 20.5 Å². The molecule has 22 heavy (non-hydrogen) atoms. The summed E-state index contributed by atoms with van der Waals surface area (Å²) < 4.78 is 11.2. The largest absolute Gasteiger partial charge is 0.494 e. The molecule has 1 atom stereocenters. The van der Waals surface area contributed by atoms with E-state index in [1.165, 1.54) is 0 Å². The summed E-state index contributed by atoms with van der Waals surface area (Å²) >= 11 is 0. The molecule has 1 aliphatic carbocycles. The Morgan fingerprint density at radius 2 is 2.00 bits per heavy atom. The molecule has 0 aliphatic heterocycles. The maximum absolute atomic E-state index is 12.1. The number of likely N-dealkylation sites (N-methyl/N-ethyl adjacent to an activating group) is 1. The molecule has 1 saturated carbocycles. The summed E-state index contributed by atoms with van der Waals surface area (Å²) in [6, 6.07) is 7.36. The van der Waals surface area contributed by atoms with Gasteiger partial charge in [-0.2, -0.15) is 0 Å². The molecule has 5 nitrogen and oxygen atoms in total. The summed E-state index contributed by atoms with van der Waals surface area (Å²) in [5, 5.41) is 3.01. The first-order valence-electron chi connectivity index (χ1n) is 8.02. The van der Waals surface area contributed by atoms with E-state index in [0.717, 1.165) is 37.0 Å². The Hall–Kier alpha value is -1.59. The fourth-order valence-electron chi connectivity index (χ4n) is 2.65. The van der Waals surface area contributed by atoms with E-state index in [-0.39, 0.29) is 18.1 Å². The number of rotatable bonds is 8. The second kappa shape index (κ2) is 8.76. The van der Waals surface area contributed by atoms with Crippen molar-refractivity contribution in [2.75, 3.05) is 13.7 Å². The summed E-state index contributed by atoms with van der Waals surface area (Å²) in [4.78, 5) is 12.1. The molecule has 1 fully saturated rings. The molecular weight excluding hydrogens is 280 g/mol. The Bertz CT molecular complexity index is 455. The van der Waals surface area contributed by atoms with Crippen LogP contribution in [0.3, 0.4) is 0 Å². The number of esters is 1. The molecule has 0 saturated heterocycles. The molecule has 0 aromatic heterocycles. The molecule has 1 aromatic carbocycles. The number of nitrogens with one attached hydrogen (secondary N) is 1. The van der Waals surface area contributed by atoms with Gasteiger partial charge in [0.05, 0.1) is 6.61 Å². The van der Waals surface area contributed by atoms with Gasteiger partial charge in [-0.3, -0.25) is 4.79 Å². The van der Waals surface area contributed by atoms with E-state index < -0.39 is 0 Å². The van der Waals surface area contributed by atoms with Crippen LogP contribution in [0.25, 0.3) is 0 Å². The number of benzene rings is 1. The average Bonchev–Trinajstić information content (AvgIpc) is 3.05. The van der Waals surface area contributed by atoms with Crippen LogP contribution in [0.4, 0.5) is 0 Å². The van der Waals surface area contributed by atoms with Crippen molar-refractivity contribution < 1.29 is 14.3 Å². The normalized spacial score (nSPS) is 16.5. The van der Waals surface area contributed by atoms with Gasteiger partial charge in [-0.1, -0.05) is 12.1 Å². The van der Waals surface area contributed by atoms with Crippen molar-refractivity contribution in [1.29, 1.82) is 0 Å². The summed E-state index contributed by atoms with van der Waals surface area (Å²) in [5.74, 6) is 0.618. The van der Waals surface area contributed by atoms with Crippen LogP contribution < -0.4 is 15.8 Å². The van der Waals surface area contributed by atoms with Crippen LogP contribution >= 0.6 is 0 Å². The van der Waals surface area contributed by atoms with Gasteiger partial charge in [0.15, 0.2) is 0 Å². The molecule has 2 rings (SSSR count). The van der Waals surface area contributed by atoms with Gasteiger partial charge in [-0.15, -0.1) is 0 Å². The van der Waals surface area contributed by atoms with Crippen LogP contribution in [0.15, 0.2) is 24.3 Å². The van der Waals surface area contributed by atoms with Gasteiger partial charge in [0.25, 0.3) is 0 Å². The van der Waals surface area contributed by atoms with Gasteiger partial charge in [0.1, 0.15) is 17.9 Å². The topological polar surface area (TPSA) is 73.6 Å². The highest BCUT2D eigenvalue weighted by atomic mass is 16.5. The smallest absolute Gasteiger partial charge is 0.323 e. The lowest BCUT2D eigenvalue weighted by atomic mass is 10.2. The molecule has 0 unspecified atom stereocenters. The average molecular weight is 306 g/mol. The third-order valence-electron chi connectivity index (χ3n) is 4.05. The van der Waals surface area contributed by atoms with Crippen molar-refractivity contribution in [2.24, 2.45) is 5.73 Å². The van der Waals surface area contributed by atoms with Crippen molar-refractivity contribution in [3.05, 3.63) is 29.8 Å². The number of carbonyl (C=O) groups is 1. The van der Waals surface area contributed by atoms with E-state index >= 15 is 0 Å². The molecule has 0 spiro atoms. The molecule has 1 aliphatic rings. The molecule has 0 bridgehead atoms. The first-order chi connectivity index (χ1) is 10.7. The van der Waals surface area contributed by atoms with E-state index in [4.69, 9.17) is 15.2 Å². The van der Waals surface area contributed by atoms with Crippen LogP contribution in [-0.4, -0.2) is 31.8 Å². The van der Waals surface area contributed by atoms with E-state index in [1.54, 1.807) is 7.05 Å². The summed E-state index contributed by atoms with van der Waals surface area (Å²) in [7, 11) is 1.77. The van der Waals surface area contributed by atoms with E-state index in [9.17, 15) is 4.79 Å². The summed E-state index contributed by atoms with van der Waals surface area (Å²) in [5.41, 5.74) is 6.63. The predicted molar refractivity (Wildman–Crippen MR) is 85.6 cm³/mol. The van der Waals surface area contributed by atoms with Crippen molar-refractivity contribution in [1.82, 2.24) is 5.32 Å². The number of carbonyl (C=O) groups excluding carboxylic acids is 1. The Balaban J connectivity index is 1.73. The molecule has 3 N–H and O–H groups in total. The fourth-order valence-corrected chi connectivity index (χ4v) is 2.65. The molecular formula is C17H26N2O3. The molecule has 1 aromatic rings. The third-order valence-corrected chi connectivity index (χ3v) is 4.05. The second-order valence-electron chi connectivity index (χ2n) is 5.67. The van der Waals surface area contributed by atoms with E-state index in [2.05, 4.69) is 5.32 Å². The predicted octanol–water partition coefficient (Wildman–Crippen LogP) is 1.99. The third kappa shape index (κ3) is 5.00. The Kier molecular flexibility index (Phi) is 6.68. The zero-order chi connectivity index (χ0) is 15.8. The standard InChI is InChI=1S/C17H26N2O3/c1-19-16(17(20)22-15-4-2-3-5-15)10-11-21-14-8-6-13(12-18)7-9-14/h6-9,15-16,19H,2-5,10-12,18H2,1H3/t16-/m0/s1. The Labute approximate surface area is 132 Å². The van der Waals surface area contributed by atoms with E-state index in [0.29, 0.717) is 19.6 Å². The lowest BCUT2D eigenvalue weighted by Gasteiger charge is -2.18. The molecule has 0 amide bonds. The molecule has 122 valence electrons. The number of hydrogen-bond donors (Lipinski definition) is 2. The van der Waals surface area contributed by atoms with Crippen molar-refractivity contribution in [2.45, 2.75) is 50.8 Å². The minimum atomic E-state index is -0.316. The maximum atomic E-state index is 12.1. The first kappa shape index (κ1) is 16.8. The van der Waals surface area contributed by atoms with Gasteiger partial charge in [-0.05, 0) is 50.4 Å². The highest BCUT2D eigenvalue weighted by Gasteiger charge is 2.24. The monoisotopic (exact) mass is 306 g/mol. The Morgan fingerprint density at radius 1 is 1.32 bits per heavy atom. The zero-order valence-electron chi connectivity index (χ0n) is 13.2. The first-order valence-corrected chi connectivity index (χ1v) is 8.02. The number of ether oxygens (including phenoxy) is 2. The lowest BCUT2D eigenvalue weighted by Crippen LogP contribution is -2.38. The van der Waals surface area contributed by atoms with Gasteiger partial charge >= 0.3 is 5.97 Å². The van der Waals surface area contributed by atoms with Crippen molar-refractivity contribution >= 4 is 5.97 Å². The number of nitrogens with two attached hydrogens (primary N) is 1. The highest BCUT2D eigenvalue weighted by molar-refractivity contribution is 5.75. The minimum absolute atomic E-state index is 0.105. The second-order valence-corrected chi connectivity index (χ2v) is 5.67. The van der Waals surface area contributed by atoms with Gasteiger partial charge in [0, 0.05) is 13.0 Å². The highest BCUT2D eigenvalue weighted by Crippen LogP contribution is 2.21. The zero-order valence-corrected chi connectivity index (χ0v) is 13.2. The molecule has 0 heterocycles.